The van der Waals surface area contributed by atoms with Gasteiger partial charge in [0.1, 0.15) is 18.3 Å². The molecular weight excluding hydrogens is 334 g/mol. The Morgan fingerprint density at radius 3 is 1.77 bits per heavy atom. The van der Waals surface area contributed by atoms with Crippen molar-refractivity contribution in [2.75, 3.05) is 13.2 Å². The fourth-order valence-corrected chi connectivity index (χ4v) is 2.99. The molecule has 1 saturated heterocycles. The van der Waals surface area contributed by atoms with Gasteiger partial charge in [0.15, 0.2) is 6.29 Å². The van der Waals surface area contributed by atoms with Crippen LogP contribution < -0.4 is 5.32 Å². The average molecular weight is 378 g/mol. The van der Waals surface area contributed by atoms with Crippen LogP contribution in [0.25, 0.3) is 0 Å². The maximum Gasteiger partial charge on any atom is 0.173 e. The van der Waals surface area contributed by atoms with Gasteiger partial charge in [-0.05, 0) is 13.0 Å². The summed E-state index contributed by atoms with van der Waals surface area (Å²) < 4.78 is 5.07. The Morgan fingerprint density at radius 1 is 0.731 bits per heavy atom. The van der Waals surface area contributed by atoms with Gasteiger partial charge in [0.05, 0.1) is 12.6 Å². The number of unbranched alkanes of at least 4 members (excludes halogenated alkanes) is 8. The number of aliphatic hydroxyl groups excluding tert-OH is 4. The predicted octanol–water partition coefficient (Wildman–Crippen LogP) is 2.32. The molecule has 1 unspecified atom stereocenters. The molecule has 1 aliphatic rings. The van der Waals surface area contributed by atoms with Gasteiger partial charge in [-0.1, -0.05) is 78.6 Å². The van der Waals surface area contributed by atoms with Gasteiger partial charge in [-0.2, -0.15) is 0 Å². The van der Waals surface area contributed by atoms with E-state index in [1.54, 1.807) is 0 Å². The summed E-state index contributed by atoms with van der Waals surface area (Å²) in [6, 6.07) is -0.719. The molecule has 0 radical (unpaired) electrons. The van der Waals surface area contributed by atoms with Crippen LogP contribution in [0.3, 0.4) is 0 Å². The summed E-state index contributed by atoms with van der Waals surface area (Å²) in [4.78, 5) is 0. The van der Waals surface area contributed by atoms with Crippen molar-refractivity contribution in [3.8, 4) is 0 Å². The molecule has 0 bridgehead atoms. The fraction of sp³-hybridized carbons (Fsp3) is 1.00. The second-order valence-corrected chi connectivity index (χ2v) is 7.18. The van der Waals surface area contributed by atoms with E-state index in [2.05, 4.69) is 26.1 Å². The highest BCUT2D eigenvalue weighted by atomic mass is 16.6. The molecule has 0 amide bonds. The van der Waals surface area contributed by atoms with Crippen molar-refractivity contribution in [2.45, 2.75) is 116 Å². The smallest absolute Gasteiger partial charge is 0.173 e. The first-order valence-corrected chi connectivity index (χ1v) is 10.6. The van der Waals surface area contributed by atoms with E-state index in [9.17, 15) is 15.3 Å². The van der Waals surface area contributed by atoms with Crippen LogP contribution in [0.2, 0.25) is 0 Å². The Bertz CT molecular complexity index is 302. The van der Waals surface area contributed by atoms with Crippen molar-refractivity contribution in [1.29, 1.82) is 0 Å². The Kier molecular flexibility index (Phi) is 16.7. The molecule has 0 aromatic rings. The van der Waals surface area contributed by atoms with E-state index in [0.717, 1.165) is 12.8 Å². The molecule has 5 atom stereocenters. The van der Waals surface area contributed by atoms with Crippen molar-refractivity contribution in [1.82, 2.24) is 5.32 Å². The zero-order valence-electron chi connectivity index (χ0n) is 17.1. The molecule has 6 nitrogen and oxygen atoms in total. The van der Waals surface area contributed by atoms with Gasteiger partial charge in [0.25, 0.3) is 0 Å². The van der Waals surface area contributed by atoms with Gasteiger partial charge >= 0.3 is 0 Å². The highest BCUT2D eigenvalue weighted by Crippen LogP contribution is 2.19. The standard InChI is InChI=1S/C14H29NO5.C6H14/c1-2-3-4-5-6-7-8-15-11-13(18)12(17)10(9-16)20-14(11)19;1-3-5-6-4-2/h10-19H,2-9H2,1H3;3-6H2,1-2H3/t10-,11-,12-,13-,14?;/m1./s1. The van der Waals surface area contributed by atoms with E-state index < -0.39 is 37.3 Å². The van der Waals surface area contributed by atoms with Gasteiger partial charge in [-0.15, -0.1) is 0 Å². The number of nitrogens with one attached hydrogen (secondary N) is 1. The van der Waals surface area contributed by atoms with E-state index in [1.807, 2.05) is 0 Å². The number of aliphatic hydroxyl groups is 4. The van der Waals surface area contributed by atoms with Crippen LogP contribution in [0, 0.1) is 0 Å². The largest absolute Gasteiger partial charge is 0.394 e. The van der Waals surface area contributed by atoms with Gasteiger partial charge in [-0.25, -0.2) is 0 Å². The fourth-order valence-electron chi connectivity index (χ4n) is 2.99. The highest BCUT2D eigenvalue weighted by Gasteiger charge is 2.43. The Hall–Kier alpha value is -0.240. The van der Waals surface area contributed by atoms with Crippen molar-refractivity contribution in [3.05, 3.63) is 0 Å². The van der Waals surface area contributed by atoms with Crippen LogP contribution in [0.1, 0.15) is 85.0 Å². The molecule has 0 spiro atoms. The monoisotopic (exact) mass is 377 g/mol. The third-order valence-corrected chi connectivity index (χ3v) is 4.77. The maximum atomic E-state index is 9.92. The molecule has 1 rings (SSSR count). The van der Waals surface area contributed by atoms with E-state index >= 15 is 0 Å². The zero-order chi connectivity index (χ0) is 19.8. The summed E-state index contributed by atoms with van der Waals surface area (Å²) in [5.74, 6) is 0. The highest BCUT2D eigenvalue weighted by molar-refractivity contribution is 4.92. The molecule has 0 aromatic carbocycles. The van der Waals surface area contributed by atoms with E-state index in [-0.39, 0.29) is 0 Å². The van der Waals surface area contributed by atoms with Crippen molar-refractivity contribution in [3.63, 3.8) is 0 Å². The third kappa shape index (κ3) is 10.8. The molecule has 1 aliphatic heterocycles. The first kappa shape index (κ1) is 25.8. The summed E-state index contributed by atoms with van der Waals surface area (Å²) in [5, 5.41) is 41.4. The molecule has 0 saturated carbocycles. The lowest BCUT2D eigenvalue weighted by atomic mass is 9.97. The second kappa shape index (κ2) is 16.9. The number of hydrogen-bond donors (Lipinski definition) is 5. The predicted molar refractivity (Wildman–Crippen MR) is 105 cm³/mol. The van der Waals surface area contributed by atoms with Crippen LogP contribution in [-0.2, 0) is 4.74 Å². The normalized spacial score (nSPS) is 28.5. The minimum Gasteiger partial charge on any atom is -0.394 e. The summed E-state index contributed by atoms with van der Waals surface area (Å²) in [6.07, 6.45) is 8.03. The van der Waals surface area contributed by atoms with E-state index in [1.165, 1.54) is 51.4 Å². The Morgan fingerprint density at radius 2 is 1.23 bits per heavy atom. The molecule has 26 heavy (non-hydrogen) atoms. The summed E-state index contributed by atoms with van der Waals surface area (Å²) >= 11 is 0. The topological polar surface area (TPSA) is 102 Å². The quantitative estimate of drug-likeness (QED) is 0.335. The molecule has 1 heterocycles. The lowest BCUT2D eigenvalue weighted by Gasteiger charge is -2.40. The molecule has 0 aromatic heterocycles. The first-order chi connectivity index (χ1) is 12.5. The summed E-state index contributed by atoms with van der Waals surface area (Å²) in [6.45, 7) is 6.87. The lowest BCUT2D eigenvalue weighted by Crippen LogP contribution is -2.63. The molecule has 0 aliphatic carbocycles. The summed E-state index contributed by atoms with van der Waals surface area (Å²) in [7, 11) is 0. The molecule has 6 heteroatoms. The van der Waals surface area contributed by atoms with E-state index in [0.29, 0.717) is 6.54 Å². The van der Waals surface area contributed by atoms with Crippen molar-refractivity contribution >= 4 is 0 Å². The van der Waals surface area contributed by atoms with Crippen LogP contribution in [0.4, 0.5) is 0 Å². The Balaban J connectivity index is 0.000000896. The van der Waals surface area contributed by atoms with Gasteiger partial charge in [0.2, 0.25) is 0 Å². The van der Waals surface area contributed by atoms with Crippen LogP contribution in [0.5, 0.6) is 0 Å². The minimum absolute atomic E-state index is 0.431. The van der Waals surface area contributed by atoms with Gasteiger partial charge in [-0.3, -0.25) is 0 Å². The van der Waals surface area contributed by atoms with Crippen LogP contribution >= 0.6 is 0 Å². The molecule has 1 fully saturated rings. The number of rotatable bonds is 12. The molecular formula is C20H43NO5. The number of ether oxygens (including phenoxy) is 1. The second-order valence-electron chi connectivity index (χ2n) is 7.18. The van der Waals surface area contributed by atoms with Crippen LogP contribution in [-0.4, -0.2) is 64.2 Å². The SMILES string of the molecule is CCCCCC.CCCCCCCCN[C@H]1C(O)O[C@H](CO)[C@@H](O)[C@@H]1O. The summed E-state index contributed by atoms with van der Waals surface area (Å²) in [5.41, 5.74) is 0. The van der Waals surface area contributed by atoms with Crippen LogP contribution in [0.15, 0.2) is 0 Å². The molecule has 5 N–H and O–H groups in total. The van der Waals surface area contributed by atoms with Crippen molar-refractivity contribution in [2.24, 2.45) is 0 Å². The first-order valence-electron chi connectivity index (χ1n) is 10.6. The van der Waals surface area contributed by atoms with E-state index in [4.69, 9.17) is 9.84 Å². The Labute approximate surface area is 160 Å². The van der Waals surface area contributed by atoms with Gasteiger partial charge < -0.3 is 30.5 Å². The number of hydrogen-bond acceptors (Lipinski definition) is 6. The maximum absolute atomic E-state index is 9.92. The zero-order valence-corrected chi connectivity index (χ0v) is 17.1. The molecule has 158 valence electrons. The third-order valence-electron chi connectivity index (χ3n) is 4.77. The van der Waals surface area contributed by atoms with Gasteiger partial charge in [0, 0.05) is 0 Å². The van der Waals surface area contributed by atoms with Crippen molar-refractivity contribution < 1.29 is 25.2 Å². The average Bonchev–Trinajstić information content (AvgIpc) is 2.65. The lowest BCUT2D eigenvalue weighted by molar-refractivity contribution is -0.254. The minimum atomic E-state index is -1.22.